The zero-order chi connectivity index (χ0) is 25.4. The second kappa shape index (κ2) is 9.39. The normalized spacial score (nSPS) is 12.0. The Morgan fingerprint density at radius 2 is 1.86 bits per heavy atom. The van der Waals surface area contributed by atoms with Crippen molar-refractivity contribution in [1.82, 2.24) is 29.6 Å². The summed E-state index contributed by atoms with van der Waals surface area (Å²) in [6.07, 6.45) is 5.09. The summed E-state index contributed by atoms with van der Waals surface area (Å²) < 4.78 is 3.25. The largest absolute Gasteiger partial charge is 0.343 e. The van der Waals surface area contributed by atoms with Crippen LogP contribution in [0.25, 0.3) is 27.7 Å². The van der Waals surface area contributed by atoms with Crippen LogP contribution in [0.15, 0.2) is 78.0 Å². The van der Waals surface area contributed by atoms with Gasteiger partial charge in [0.05, 0.1) is 40.2 Å². The van der Waals surface area contributed by atoms with Crippen molar-refractivity contribution in [3.63, 3.8) is 0 Å². The lowest BCUT2D eigenvalue weighted by Crippen LogP contribution is -2.33. The van der Waals surface area contributed by atoms with Crippen LogP contribution in [-0.4, -0.2) is 30.2 Å². The van der Waals surface area contributed by atoms with E-state index in [1.165, 1.54) is 0 Å². The van der Waals surface area contributed by atoms with Crippen LogP contribution in [0.4, 0.5) is 0 Å². The SMILES string of the molecule is Cc1ncc(-c2cnn(C)c2)nc1C(=O)N[C@@H](C)c1cc2cccc(Cl)c2c(=O)n1-c1ccccc1. The molecule has 2 aromatic carbocycles. The number of halogens is 1. The second-order valence-corrected chi connectivity index (χ2v) is 8.94. The minimum atomic E-state index is -0.531. The van der Waals surface area contributed by atoms with Crippen molar-refractivity contribution in [2.75, 3.05) is 0 Å². The number of amides is 1. The Bertz CT molecular complexity index is 1660. The maximum absolute atomic E-state index is 13.6. The molecule has 8 nitrogen and oxygen atoms in total. The van der Waals surface area contributed by atoms with Gasteiger partial charge in [-0.25, -0.2) is 4.98 Å². The van der Waals surface area contributed by atoms with Gasteiger partial charge >= 0.3 is 0 Å². The highest BCUT2D eigenvalue weighted by Gasteiger charge is 2.22. The van der Waals surface area contributed by atoms with Crippen molar-refractivity contribution in [2.45, 2.75) is 19.9 Å². The zero-order valence-electron chi connectivity index (χ0n) is 19.9. The molecule has 5 aromatic rings. The van der Waals surface area contributed by atoms with Crippen LogP contribution in [0.3, 0.4) is 0 Å². The molecule has 0 aliphatic heterocycles. The second-order valence-electron chi connectivity index (χ2n) is 8.54. The summed E-state index contributed by atoms with van der Waals surface area (Å²) in [5.41, 5.74) is 3.05. The Kier molecular flexibility index (Phi) is 6.12. The number of hydrogen-bond donors (Lipinski definition) is 1. The molecule has 36 heavy (non-hydrogen) atoms. The molecule has 9 heteroatoms. The smallest absolute Gasteiger partial charge is 0.272 e. The molecule has 1 amide bonds. The lowest BCUT2D eigenvalue weighted by molar-refractivity contribution is 0.0932. The van der Waals surface area contributed by atoms with E-state index in [9.17, 15) is 9.59 Å². The lowest BCUT2D eigenvalue weighted by Gasteiger charge is -2.21. The van der Waals surface area contributed by atoms with Gasteiger partial charge in [-0.05, 0) is 43.5 Å². The van der Waals surface area contributed by atoms with Crippen molar-refractivity contribution < 1.29 is 4.79 Å². The fourth-order valence-corrected chi connectivity index (χ4v) is 4.46. The summed E-state index contributed by atoms with van der Waals surface area (Å²) in [5.74, 6) is -0.392. The zero-order valence-corrected chi connectivity index (χ0v) is 20.7. The minimum absolute atomic E-state index is 0.209. The quantitative estimate of drug-likeness (QED) is 0.381. The van der Waals surface area contributed by atoms with E-state index in [2.05, 4.69) is 20.4 Å². The Labute approximate surface area is 212 Å². The fraction of sp³-hybridized carbons (Fsp3) is 0.148. The summed E-state index contributed by atoms with van der Waals surface area (Å²) in [4.78, 5) is 35.9. The first kappa shape index (κ1) is 23.4. The van der Waals surface area contributed by atoms with E-state index in [1.54, 1.807) is 40.7 Å². The molecule has 180 valence electrons. The van der Waals surface area contributed by atoms with E-state index in [0.29, 0.717) is 38.6 Å². The van der Waals surface area contributed by atoms with Crippen LogP contribution in [0.5, 0.6) is 0 Å². The highest BCUT2D eigenvalue weighted by molar-refractivity contribution is 6.35. The first-order valence-corrected chi connectivity index (χ1v) is 11.7. The van der Waals surface area contributed by atoms with Crippen LogP contribution < -0.4 is 10.9 Å². The van der Waals surface area contributed by atoms with Crippen molar-refractivity contribution in [1.29, 1.82) is 0 Å². The number of nitrogens with one attached hydrogen (secondary N) is 1. The molecule has 5 rings (SSSR count). The van der Waals surface area contributed by atoms with Gasteiger partial charge in [-0.3, -0.25) is 23.8 Å². The summed E-state index contributed by atoms with van der Waals surface area (Å²) >= 11 is 6.40. The monoisotopic (exact) mass is 498 g/mol. The Balaban J connectivity index is 1.57. The molecule has 0 radical (unpaired) electrons. The standard InChI is InChI=1S/C27H23ClN6O2/c1-16(31-26(35)25-17(2)29-14-22(32-25)19-13-30-33(3)15-19)23-12-18-8-7-11-21(28)24(18)27(36)34(23)20-9-5-4-6-10-20/h4-16H,1-3H3,(H,31,35)/t16-/m0/s1. The molecule has 0 saturated heterocycles. The van der Waals surface area contributed by atoms with E-state index in [0.717, 1.165) is 5.56 Å². The number of para-hydroxylation sites is 1. The average Bonchev–Trinajstić information content (AvgIpc) is 3.30. The molecule has 0 aliphatic carbocycles. The van der Waals surface area contributed by atoms with Gasteiger partial charge < -0.3 is 5.32 Å². The third kappa shape index (κ3) is 4.27. The summed E-state index contributed by atoms with van der Waals surface area (Å²) in [6.45, 7) is 3.56. The predicted molar refractivity (Wildman–Crippen MR) is 139 cm³/mol. The first-order valence-electron chi connectivity index (χ1n) is 11.4. The van der Waals surface area contributed by atoms with E-state index in [1.807, 2.05) is 62.6 Å². The van der Waals surface area contributed by atoms with Gasteiger partial charge in [0, 0.05) is 30.2 Å². The minimum Gasteiger partial charge on any atom is -0.343 e. The van der Waals surface area contributed by atoms with Crippen molar-refractivity contribution in [2.24, 2.45) is 7.05 Å². The van der Waals surface area contributed by atoms with Crippen LogP contribution in [0.1, 0.15) is 34.8 Å². The number of aryl methyl sites for hydroxylation is 2. The Morgan fingerprint density at radius 3 is 2.58 bits per heavy atom. The molecule has 1 N–H and O–H groups in total. The van der Waals surface area contributed by atoms with Crippen molar-refractivity contribution >= 4 is 28.3 Å². The number of carbonyl (C=O) groups is 1. The molecule has 3 aromatic heterocycles. The molecule has 1 atom stereocenters. The molecule has 0 fully saturated rings. The van der Waals surface area contributed by atoms with Gasteiger partial charge in [0.1, 0.15) is 5.69 Å². The van der Waals surface area contributed by atoms with Gasteiger partial charge in [-0.2, -0.15) is 5.10 Å². The van der Waals surface area contributed by atoms with Crippen LogP contribution in [-0.2, 0) is 7.05 Å². The predicted octanol–water partition coefficient (Wildman–Crippen LogP) is 4.63. The van der Waals surface area contributed by atoms with Crippen molar-refractivity contribution in [3.05, 3.63) is 106 Å². The average molecular weight is 499 g/mol. The van der Waals surface area contributed by atoms with Crippen LogP contribution in [0.2, 0.25) is 5.02 Å². The number of aromatic nitrogens is 5. The summed E-state index contributed by atoms with van der Waals surface area (Å²) in [6, 6.07) is 16.0. The molecular weight excluding hydrogens is 476 g/mol. The number of rotatable bonds is 5. The molecule has 3 heterocycles. The highest BCUT2D eigenvalue weighted by Crippen LogP contribution is 2.26. The molecular formula is C27H23ClN6O2. The molecule has 0 spiro atoms. The van der Waals surface area contributed by atoms with Gasteiger partial charge in [-0.1, -0.05) is 41.9 Å². The molecule has 0 bridgehead atoms. The molecule has 0 unspecified atom stereocenters. The van der Waals surface area contributed by atoms with Gasteiger partial charge in [0.15, 0.2) is 0 Å². The van der Waals surface area contributed by atoms with Crippen LogP contribution >= 0.6 is 11.6 Å². The van der Waals surface area contributed by atoms with Gasteiger partial charge in [0.25, 0.3) is 11.5 Å². The number of fused-ring (bicyclic) bond motifs is 1. The third-order valence-electron chi connectivity index (χ3n) is 6.00. The number of carbonyl (C=O) groups excluding carboxylic acids is 1. The first-order chi connectivity index (χ1) is 17.3. The number of hydrogen-bond acceptors (Lipinski definition) is 5. The summed E-state index contributed by atoms with van der Waals surface area (Å²) in [5, 5.41) is 8.67. The van der Waals surface area contributed by atoms with E-state index < -0.39 is 11.9 Å². The number of pyridine rings is 1. The molecule has 0 saturated carbocycles. The summed E-state index contributed by atoms with van der Waals surface area (Å²) in [7, 11) is 1.81. The van der Waals surface area contributed by atoms with E-state index >= 15 is 0 Å². The van der Waals surface area contributed by atoms with Gasteiger partial charge in [0.2, 0.25) is 0 Å². The lowest BCUT2D eigenvalue weighted by atomic mass is 10.1. The van der Waals surface area contributed by atoms with Crippen molar-refractivity contribution in [3.8, 4) is 16.9 Å². The number of benzene rings is 2. The van der Waals surface area contributed by atoms with Crippen LogP contribution in [0, 0.1) is 6.92 Å². The highest BCUT2D eigenvalue weighted by atomic mass is 35.5. The Morgan fingerprint density at radius 1 is 1.08 bits per heavy atom. The third-order valence-corrected chi connectivity index (χ3v) is 6.32. The van der Waals surface area contributed by atoms with E-state index in [4.69, 9.17) is 11.6 Å². The fourth-order valence-electron chi connectivity index (χ4n) is 4.20. The topological polar surface area (TPSA) is 94.7 Å². The van der Waals surface area contributed by atoms with Gasteiger partial charge in [-0.15, -0.1) is 0 Å². The maximum Gasteiger partial charge on any atom is 0.272 e. The van der Waals surface area contributed by atoms with E-state index in [-0.39, 0.29) is 11.3 Å². The molecule has 0 aliphatic rings. The number of nitrogens with zero attached hydrogens (tertiary/aromatic N) is 5. The Hall–Kier alpha value is -4.30. The maximum atomic E-state index is 13.6.